The lowest BCUT2D eigenvalue weighted by atomic mass is 10.3. The molecule has 0 amide bonds. The zero-order valence-electron chi connectivity index (χ0n) is 12.9. The van der Waals surface area contributed by atoms with Gasteiger partial charge < -0.3 is 8.23 Å². The second-order valence-electron chi connectivity index (χ2n) is 6.79. The molecule has 17 heavy (non-hydrogen) atoms. The molecule has 0 unspecified atom stereocenters. The first kappa shape index (κ1) is 17.6. The Morgan fingerprint density at radius 3 is 1.76 bits per heavy atom. The third-order valence-electron chi connectivity index (χ3n) is 2.35. The maximum atomic E-state index is 6.42. The molecular weight excluding hydrogens is 260 g/mol. The first-order valence-corrected chi connectivity index (χ1v) is 16.0. The fourth-order valence-electron chi connectivity index (χ4n) is 2.20. The highest BCUT2D eigenvalue weighted by Gasteiger charge is 2.37. The van der Waals surface area contributed by atoms with Crippen molar-refractivity contribution in [2.75, 3.05) is 0 Å². The minimum Gasteiger partial charge on any atom is -0.437 e. The molecule has 0 fully saturated rings. The number of hydrogen-bond donors (Lipinski definition) is 0. The molecule has 0 aliphatic heterocycles. The highest BCUT2D eigenvalue weighted by atomic mass is 28.5. The average molecular weight is 292 g/mol. The SMILES string of the molecule is [CH2]CCCC[Si](C)(C)O[Si](C)(C)O[Si](C)(C)C. The molecule has 0 saturated carbocycles. The number of rotatable bonds is 8. The van der Waals surface area contributed by atoms with Gasteiger partial charge in [-0.15, -0.1) is 0 Å². The molecule has 0 aromatic carbocycles. The van der Waals surface area contributed by atoms with Crippen LogP contribution in [-0.2, 0) is 8.23 Å². The van der Waals surface area contributed by atoms with Gasteiger partial charge in [-0.05, 0) is 51.9 Å². The summed E-state index contributed by atoms with van der Waals surface area (Å²) >= 11 is 0. The Bertz CT molecular complexity index is 222. The fraction of sp³-hybridized carbons (Fsp3) is 0.917. The standard InChI is InChI=1S/C12H31O2Si3/c1-9-10-11-12-16(5,6)14-17(7,8)13-15(2,3)4/h1,9-12H2,2-8H3. The predicted octanol–water partition coefficient (Wildman–Crippen LogP) is 4.77. The first-order valence-electron chi connectivity index (χ1n) is 6.67. The van der Waals surface area contributed by atoms with Crippen molar-refractivity contribution in [2.45, 2.75) is 71.1 Å². The normalized spacial score (nSPS) is 14.1. The van der Waals surface area contributed by atoms with Crippen LogP contribution in [0.2, 0.25) is 51.9 Å². The minimum absolute atomic E-state index is 1.04. The molecule has 0 saturated heterocycles. The molecule has 2 nitrogen and oxygen atoms in total. The lowest BCUT2D eigenvalue weighted by Gasteiger charge is -2.37. The molecule has 1 radical (unpaired) electrons. The van der Waals surface area contributed by atoms with Crippen molar-refractivity contribution in [3.8, 4) is 0 Å². The largest absolute Gasteiger partial charge is 0.437 e. The van der Waals surface area contributed by atoms with Crippen molar-refractivity contribution in [3.05, 3.63) is 6.92 Å². The van der Waals surface area contributed by atoms with Crippen LogP contribution in [0.1, 0.15) is 19.3 Å². The molecule has 0 aliphatic rings. The Morgan fingerprint density at radius 2 is 1.35 bits per heavy atom. The topological polar surface area (TPSA) is 18.5 Å². The van der Waals surface area contributed by atoms with Crippen molar-refractivity contribution in [3.63, 3.8) is 0 Å². The van der Waals surface area contributed by atoms with E-state index >= 15 is 0 Å². The van der Waals surface area contributed by atoms with E-state index in [-0.39, 0.29) is 0 Å². The molecule has 0 N–H and O–H groups in total. The average Bonchev–Trinajstić information content (AvgIpc) is 1.96. The molecule has 0 aromatic heterocycles. The lowest BCUT2D eigenvalue weighted by molar-refractivity contribution is 0.391. The second kappa shape index (κ2) is 6.65. The predicted molar refractivity (Wildman–Crippen MR) is 84.5 cm³/mol. The van der Waals surface area contributed by atoms with Gasteiger partial charge in [0.05, 0.1) is 0 Å². The molecule has 103 valence electrons. The smallest absolute Gasteiger partial charge is 0.311 e. The van der Waals surface area contributed by atoms with E-state index in [9.17, 15) is 0 Å². The summed E-state index contributed by atoms with van der Waals surface area (Å²) in [6, 6.07) is 1.23. The van der Waals surface area contributed by atoms with Crippen LogP contribution in [0.5, 0.6) is 0 Å². The van der Waals surface area contributed by atoms with Crippen molar-refractivity contribution in [2.24, 2.45) is 0 Å². The van der Waals surface area contributed by atoms with Gasteiger partial charge in [0.25, 0.3) is 0 Å². The summed E-state index contributed by atoms with van der Waals surface area (Å²) in [7, 11) is -4.95. The summed E-state index contributed by atoms with van der Waals surface area (Å²) in [6.45, 7) is 19.6. The minimum atomic E-state index is -1.93. The first-order chi connectivity index (χ1) is 7.47. The van der Waals surface area contributed by atoms with Gasteiger partial charge in [-0.3, -0.25) is 0 Å². The van der Waals surface area contributed by atoms with Crippen LogP contribution in [0.15, 0.2) is 0 Å². The van der Waals surface area contributed by atoms with Crippen LogP contribution in [0.25, 0.3) is 0 Å². The highest BCUT2D eigenvalue weighted by molar-refractivity contribution is 6.87. The van der Waals surface area contributed by atoms with Crippen molar-refractivity contribution < 1.29 is 8.23 Å². The van der Waals surface area contributed by atoms with E-state index in [4.69, 9.17) is 8.23 Å². The van der Waals surface area contributed by atoms with Crippen molar-refractivity contribution in [1.82, 2.24) is 0 Å². The van der Waals surface area contributed by atoms with Gasteiger partial charge in [-0.1, -0.05) is 26.2 Å². The van der Waals surface area contributed by atoms with Crippen LogP contribution in [0, 0.1) is 6.92 Å². The van der Waals surface area contributed by atoms with Crippen LogP contribution >= 0.6 is 0 Å². The molecule has 0 atom stereocenters. The quantitative estimate of drug-likeness (QED) is 0.474. The summed E-state index contributed by atoms with van der Waals surface area (Å²) in [5, 5.41) is 0. The number of hydrogen-bond acceptors (Lipinski definition) is 2. The monoisotopic (exact) mass is 291 g/mol. The summed E-state index contributed by atoms with van der Waals surface area (Å²) in [5.41, 5.74) is 0. The van der Waals surface area contributed by atoms with Crippen LogP contribution in [-0.4, -0.2) is 25.2 Å². The second-order valence-corrected chi connectivity index (χ2v) is 19.5. The molecule has 0 heterocycles. The maximum absolute atomic E-state index is 6.42. The van der Waals surface area contributed by atoms with Gasteiger partial charge >= 0.3 is 8.56 Å². The molecule has 0 bridgehead atoms. The van der Waals surface area contributed by atoms with Gasteiger partial charge in [-0.25, -0.2) is 0 Å². The molecule has 0 aromatic rings. The van der Waals surface area contributed by atoms with Gasteiger partial charge in [0.2, 0.25) is 0 Å². The van der Waals surface area contributed by atoms with Crippen LogP contribution in [0.4, 0.5) is 0 Å². The molecule has 0 aliphatic carbocycles. The van der Waals surface area contributed by atoms with Crippen molar-refractivity contribution in [1.29, 1.82) is 0 Å². The van der Waals surface area contributed by atoms with E-state index in [0.29, 0.717) is 0 Å². The summed E-state index contributed by atoms with van der Waals surface area (Å²) in [6.07, 6.45) is 3.51. The maximum Gasteiger partial charge on any atom is 0.311 e. The highest BCUT2D eigenvalue weighted by Crippen LogP contribution is 2.24. The number of unbranched alkanes of at least 4 members (excludes halogenated alkanes) is 2. The van der Waals surface area contributed by atoms with Crippen LogP contribution < -0.4 is 0 Å². The van der Waals surface area contributed by atoms with Gasteiger partial charge in [-0.2, -0.15) is 0 Å². The third-order valence-corrected chi connectivity index (χ3v) is 12.5. The van der Waals surface area contributed by atoms with E-state index in [1.54, 1.807) is 0 Å². The van der Waals surface area contributed by atoms with Gasteiger partial charge in [0.1, 0.15) is 0 Å². The molecular formula is C12H31O2Si3. The summed E-state index contributed by atoms with van der Waals surface area (Å²) in [5.74, 6) is 0. The van der Waals surface area contributed by atoms with E-state index < -0.39 is 25.2 Å². The summed E-state index contributed by atoms with van der Waals surface area (Å²) < 4.78 is 12.7. The van der Waals surface area contributed by atoms with Crippen LogP contribution in [0.3, 0.4) is 0 Å². The molecule has 0 spiro atoms. The molecule has 5 heteroatoms. The van der Waals surface area contributed by atoms with E-state index in [1.807, 2.05) is 0 Å². The Hall–Kier alpha value is 0.571. The Kier molecular flexibility index (Phi) is 6.88. The van der Waals surface area contributed by atoms with E-state index in [1.165, 1.54) is 18.9 Å². The zero-order valence-corrected chi connectivity index (χ0v) is 15.9. The van der Waals surface area contributed by atoms with Crippen molar-refractivity contribution >= 4 is 25.2 Å². The molecule has 0 rings (SSSR count). The van der Waals surface area contributed by atoms with E-state index in [0.717, 1.165) is 6.42 Å². The Balaban J connectivity index is 4.27. The fourth-order valence-corrected chi connectivity index (χ4v) is 15.5. The third kappa shape index (κ3) is 10.2. The lowest BCUT2D eigenvalue weighted by Crippen LogP contribution is -2.51. The van der Waals surface area contributed by atoms with Gasteiger partial charge in [0, 0.05) is 0 Å². The van der Waals surface area contributed by atoms with Gasteiger partial charge in [0.15, 0.2) is 16.6 Å². The summed E-state index contributed by atoms with van der Waals surface area (Å²) in [4.78, 5) is 0. The zero-order chi connectivity index (χ0) is 13.7. The Morgan fingerprint density at radius 1 is 0.824 bits per heavy atom. The Labute approximate surface area is 112 Å². The van der Waals surface area contributed by atoms with E-state index in [2.05, 4.69) is 52.8 Å².